The molecule has 0 fully saturated rings. The largest absolute Gasteiger partial charge is 0.360 e. The zero-order valence-corrected chi connectivity index (χ0v) is 10.4. The fourth-order valence-electron chi connectivity index (χ4n) is 1.65. The van der Waals surface area contributed by atoms with Gasteiger partial charge in [0, 0.05) is 13.1 Å². The average Bonchev–Trinajstić information content (AvgIpc) is 2.86. The number of hydrogen-bond acceptors (Lipinski definition) is 6. The highest BCUT2D eigenvalue weighted by Gasteiger charge is 2.10. The summed E-state index contributed by atoms with van der Waals surface area (Å²) in [5.74, 6) is 0.628. The monoisotopic (exact) mass is 249 g/mol. The third-order valence-corrected chi connectivity index (χ3v) is 2.65. The summed E-state index contributed by atoms with van der Waals surface area (Å²) in [6.45, 7) is 5.49. The lowest BCUT2D eigenvalue weighted by Crippen LogP contribution is -2.35. The quantitative estimate of drug-likeness (QED) is 0.789. The minimum atomic E-state index is 0.0325. The molecule has 8 nitrogen and oxygen atoms in total. The Morgan fingerprint density at radius 2 is 2.17 bits per heavy atom. The zero-order chi connectivity index (χ0) is 13.0. The fraction of sp³-hybridized carbons (Fsp3) is 0.500. The van der Waals surface area contributed by atoms with Crippen molar-refractivity contribution in [3.63, 3.8) is 0 Å². The maximum absolute atomic E-state index is 11.8. The average molecular weight is 249 g/mol. The molecule has 0 aliphatic rings. The van der Waals surface area contributed by atoms with Crippen LogP contribution in [0.5, 0.6) is 0 Å². The number of likely N-dealkylation sites (N-methyl/N-ethyl adjacent to an activating group) is 1. The molecule has 0 aliphatic carbocycles. The van der Waals surface area contributed by atoms with E-state index in [1.54, 1.807) is 17.3 Å². The molecule has 0 saturated heterocycles. The summed E-state index contributed by atoms with van der Waals surface area (Å²) in [6.07, 6.45) is 3.14. The highest BCUT2D eigenvalue weighted by Crippen LogP contribution is 2.05. The van der Waals surface area contributed by atoms with E-state index in [0.29, 0.717) is 24.6 Å². The minimum absolute atomic E-state index is 0.0325. The second-order valence-electron chi connectivity index (χ2n) is 3.66. The standard InChI is InChI=1S/C10H15N7O/c1-3-16(4-2)10(18)7-12-8-5-11-6-9-13-14-15-17(8)9/h5-6,12H,3-4,7H2,1-2H3. The molecular weight excluding hydrogens is 234 g/mol. The first kappa shape index (κ1) is 12.2. The van der Waals surface area contributed by atoms with Crippen molar-refractivity contribution in [3.8, 4) is 0 Å². The fourth-order valence-corrected chi connectivity index (χ4v) is 1.65. The number of carbonyl (C=O) groups is 1. The van der Waals surface area contributed by atoms with Crippen LogP contribution < -0.4 is 5.32 Å². The van der Waals surface area contributed by atoms with Crippen molar-refractivity contribution in [2.75, 3.05) is 25.0 Å². The van der Waals surface area contributed by atoms with Crippen LogP contribution in [0.3, 0.4) is 0 Å². The Kier molecular flexibility index (Phi) is 3.66. The Labute approximate surface area is 104 Å². The first-order valence-electron chi connectivity index (χ1n) is 5.80. The Morgan fingerprint density at radius 1 is 1.39 bits per heavy atom. The number of nitrogens with zero attached hydrogens (tertiary/aromatic N) is 6. The molecule has 0 aromatic carbocycles. The Morgan fingerprint density at radius 3 is 2.89 bits per heavy atom. The topological polar surface area (TPSA) is 88.3 Å². The molecule has 1 N–H and O–H groups in total. The number of nitrogens with one attached hydrogen (secondary N) is 1. The number of fused-ring (bicyclic) bond motifs is 1. The molecule has 96 valence electrons. The molecular formula is C10H15N7O. The lowest BCUT2D eigenvalue weighted by Gasteiger charge is -2.18. The molecule has 2 rings (SSSR count). The lowest BCUT2D eigenvalue weighted by molar-refractivity contribution is -0.128. The van der Waals surface area contributed by atoms with Gasteiger partial charge in [-0.2, -0.15) is 4.52 Å². The van der Waals surface area contributed by atoms with Crippen LogP contribution in [0, 0.1) is 0 Å². The smallest absolute Gasteiger partial charge is 0.241 e. The summed E-state index contributed by atoms with van der Waals surface area (Å²) in [5.41, 5.74) is 0.537. The van der Waals surface area contributed by atoms with Crippen molar-refractivity contribution in [2.24, 2.45) is 0 Å². The molecule has 8 heteroatoms. The lowest BCUT2D eigenvalue weighted by atomic mass is 10.4. The number of carbonyl (C=O) groups excluding carboxylic acids is 1. The Hall–Kier alpha value is -2.25. The molecule has 0 aliphatic heterocycles. The molecule has 0 spiro atoms. The van der Waals surface area contributed by atoms with E-state index in [2.05, 4.69) is 25.8 Å². The maximum atomic E-state index is 11.8. The van der Waals surface area contributed by atoms with Gasteiger partial charge in [-0.15, -0.1) is 5.10 Å². The van der Waals surface area contributed by atoms with Crippen LogP contribution in [-0.4, -0.2) is 55.5 Å². The van der Waals surface area contributed by atoms with Crippen molar-refractivity contribution >= 4 is 17.4 Å². The van der Waals surface area contributed by atoms with Crippen LogP contribution in [0.25, 0.3) is 5.65 Å². The second kappa shape index (κ2) is 5.39. The van der Waals surface area contributed by atoms with Gasteiger partial charge in [0.25, 0.3) is 0 Å². The van der Waals surface area contributed by atoms with E-state index < -0.39 is 0 Å². The predicted octanol–water partition coefficient (Wildman–Crippen LogP) is -0.200. The first-order chi connectivity index (χ1) is 8.76. The predicted molar refractivity (Wildman–Crippen MR) is 65.0 cm³/mol. The zero-order valence-electron chi connectivity index (χ0n) is 10.4. The second-order valence-corrected chi connectivity index (χ2v) is 3.66. The van der Waals surface area contributed by atoms with Crippen LogP contribution in [-0.2, 0) is 4.79 Å². The van der Waals surface area contributed by atoms with Crippen molar-refractivity contribution in [2.45, 2.75) is 13.8 Å². The van der Waals surface area contributed by atoms with E-state index in [9.17, 15) is 4.79 Å². The van der Waals surface area contributed by atoms with Gasteiger partial charge >= 0.3 is 0 Å². The molecule has 0 radical (unpaired) electrons. The first-order valence-corrected chi connectivity index (χ1v) is 5.80. The van der Waals surface area contributed by atoms with Gasteiger partial charge in [0.15, 0.2) is 11.5 Å². The molecule has 2 aromatic rings. The van der Waals surface area contributed by atoms with Gasteiger partial charge in [0.2, 0.25) is 5.91 Å². The number of rotatable bonds is 5. The Balaban J connectivity index is 2.06. The van der Waals surface area contributed by atoms with Gasteiger partial charge in [0.1, 0.15) is 0 Å². The molecule has 2 aromatic heterocycles. The molecule has 1 amide bonds. The third-order valence-electron chi connectivity index (χ3n) is 2.65. The van der Waals surface area contributed by atoms with Crippen LogP contribution in [0.1, 0.15) is 13.8 Å². The van der Waals surface area contributed by atoms with Gasteiger partial charge in [-0.3, -0.25) is 9.78 Å². The van der Waals surface area contributed by atoms with Gasteiger partial charge < -0.3 is 10.2 Å². The number of anilines is 1. The van der Waals surface area contributed by atoms with Crippen molar-refractivity contribution in [3.05, 3.63) is 12.4 Å². The van der Waals surface area contributed by atoms with E-state index in [1.807, 2.05) is 13.8 Å². The normalized spacial score (nSPS) is 10.6. The minimum Gasteiger partial charge on any atom is -0.360 e. The summed E-state index contributed by atoms with van der Waals surface area (Å²) >= 11 is 0. The Bertz CT molecular complexity index is 534. The van der Waals surface area contributed by atoms with Gasteiger partial charge in [-0.1, -0.05) is 0 Å². The molecule has 2 heterocycles. The van der Waals surface area contributed by atoms with Gasteiger partial charge in [-0.25, -0.2) is 0 Å². The van der Waals surface area contributed by atoms with Crippen LogP contribution in [0.4, 0.5) is 5.82 Å². The summed E-state index contributed by atoms with van der Waals surface area (Å²) in [5, 5.41) is 14.1. The summed E-state index contributed by atoms with van der Waals surface area (Å²) < 4.78 is 1.50. The molecule has 0 saturated carbocycles. The third kappa shape index (κ3) is 2.36. The van der Waals surface area contributed by atoms with E-state index in [1.165, 1.54) is 4.52 Å². The van der Waals surface area contributed by atoms with Crippen LogP contribution >= 0.6 is 0 Å². The summed E-state index contributed by atoms with van der Waals surface area (Å²) in [4.78, 5) is 17.6. The van der Waals surface area contributed by atoms with Crippen LogP contribution in [0.2, 0.25) is 0 Å². The van der Waals surface area contributed by atoms with Crippen LogP contribution in [0.15, 0.2) is 12.4 Å². The molecule has 0 unspecified atom stereocenters. The number of aromatic nitrogens is 5. The molecule has 18 heavy (non-hydrogen) atoms. The maximum Gasteiger partial charge on any atom is 0.241 e. The van der Waals surface area contributed by atoms with E-state index in [-0.39, 0.29) is 12.5 Å². The molecule has 0 bridgehead atoms. The van der Waals surface area contributed by atoms with Gasteiger partial charge in [-0.05, 0) is 24.3 Å². The highest BCUT2D eigenvalue weighted by molar-refractivity contribution is 5.80. The van der Waals surface area contributed by atoms with Gasteiger partial charge in [0.05, 0.1) is 18.9 Å². The van der Waals surface area contributed by atoms with E-state index in [4.69, 9.17) is 0 Å². The summed E-state index contributed by atoms with van der Waals surface area (Å²) in [6, 6.07) is 0. The highest BCUT2D eigenvalue weighted by atomic mass is 16.2. The van der Waals surface area contributed by atoms with E-state index in [0.717, 1.165) is 0 Å². The van der Waals surface area contributed by atoms with E-state index >= 15 is 0 Å². The van der Waals surface area contributed by atoms with Crippen molar-refractivity contribution in [1.29, 1.82) is 0 Å². The van der Waals surface area contributed by atoms with Crippen molar-refractivity contribution in [1.82, 2.24) is 29.9 Å². The molecule has 0 atom stereocenters. The SMILES string of the molecule is CCN(CC)C(=O)CNc1cncc2nnnn12. The van der Waals surface area contributed by atoms with Crippen molar-refractivity contribution < 1.29 is 4.79 Å². The number of amides is 1. The number of hydrogen-bond donors (Lipinski definition) is 1. The summed E-state index contributed by atoms with van der Waals surface area (Å²) in [7, 11) is 0. The number of tetrazole rings is 1.